The summed E-state index contributed by atoms with van der Waals surface area (Å²) in [5.74, 6) is 2.50. The first-order valence-corrected chi connectivity index (χ1v) is 9.58. The highest BCUT2D eigenvalue weighted by atomic mass is 16.2. The number of carbonyl (C=O) groups is 1. The molecule has 2 aromatic rings. The molecule has 0 saturated carbocycles. The summed E-state index contributed by atoms with van der Waals surface area (Å²) in [6, 6.07) is 9.94. The van der Waals surface area contributed by atoms with Gasteiger partial charge in [0.2, 0.25) is 0 Å². The van der Waals surface area contributed by atoms with Crippen LogP contribution in [0.4, 0.5) is 22.1 Å². The van der Waals surface area contributed by atoms with Crippen LogP contribution in [0.3, 0.4) is 0 Å². The van der Waals surface area contributed by atoms with Gasteiger partial charge in [0.25, 0.3) is 0 Å². The van der Waals surface area contributed by atoms with E-state index in [1.54, 1.807) is 0 Å². The van der Waals surface area contributed by atoms with Gasteiger partial charge in [-0.05, 0) is 38.0 Å². The van der Waals surface area contributed by atoms with Crippen molar-refractivity contribution in [1.29, 1.82) is 0 Å². The Morgan fingerprint density at radius 1 is 1.07 bits per heavy atom. The van der Waals surface area contributed by atoms with Crippen molar-refractivity contribution in [2.24, 2.45) is 0 Å². The standard InChI is InChI=1S/C20H28N6O/c1-4-16-6-8-17(9-7-16)24-20(27)26-12-10-25(11-13-26)19-14-18(21-5-2)22-15(3)23-19/h6-9,14H,4-5,10-13H2,1-3H3,(H,24,27)(H,21,22,23). The van der Waals surface area contributed by atoms with Gasteiger partial charge in [0.05, 0.1) is 0 Å². The smallest absolute Gasteiger partial charge is 0.321 e. The predicted octanol–water partition coefficient (Wildman–Crippen LogP) is 3.13. The molecule has 2 amide bonds. The molecule has 0 aliphatic carbocycles. The molecule has 0 radical (unpaired) electrons. The van der Waals surface area contributed by atoms with Gasteiger partial charge < -0.3 is 20.4 Å². The van der Waals surface area contributed by atoms with E-state index in [-0.39, 0.29) is 6.03 Å². The van der Waals surface area contributed by atoms with Crippen molar-refractivity contribution in [2.75, 3.05) is 48.3 Å². The Bertz CT molecular complexity index is 769. The maximum absolute atomic E-state index is 12.5. The third-order valence-corrected chi connectivity index (χ3v) is 4.69. The number of nitrogens with zero attached hydrogens (tertiary/aromatic N) is 4. The number of benzene rings is 1. The minimum absolute atomic E-state index is 0.0499. The van der Waals surface area contributed by atoms with Crippen molar-refractivity contribution < 1.29 is 4.79 Å². The SMILES string of the molecule is CCNc1cc(N2CCN(C(=O)Nc3ccc(CC)cc3)CC2)nc(C)n1. The molecule has 2 heterocycles. The first-order chi connectivity index (χ1) is 13.1. The average molecular weight is 368 g/mol. The van der Waals surface area contributed by atoms with E-state index in [1.165, 1.54) is 5.56 Å². The van der Waals surface area contributed by atoms with E-state index in [4.69, 9.17) is 0 Å². The molecule has 0 spiro atoms. The van der Waals surface area contributed by atoms with Crippen molar-refractivity contribution in [3.63, 3.8) is 0 Å². The minimum Gasteiger partial charge on any atom is -0.370 e. The Balaban J connectivity index is 1.57. The lowest BCUT2D eigenvalue weighted by molar-refractivity contribution is 0.208. The topological polar surface area (TPSA) is 73.4 Å². The van der Waals surface area contributed by atoms with Gasteiger partial charge in [0.15, 0.2) is 0 Å². The summed E-state index contributed by atoms with van der Waals surface area (Å²) in [6.07, 6.45) is 0.994. The number of aryl methyl sites for hydroxylation is 2. The van der Waals surface area contributed by atoms with Gasteiger partial charge in [-0.25, -0.2) is 14.8 Å². The second-order valence-corrected chi connectivity index (χ2v) is 6.64. The zero-order valence-electron chi connectivity index (χ0n) is 16.3. The highest BCUT2D eigenvalue weighted by molar-refractivity contribution is 5.89. The van der Waals surface area contributed by atoms with Crippen LogP contribution in [-0.2, 0) is 6.42 Å². The van der Waals surface area contributed by atoms with Gasteiger partial charge in [0.1, 0.15) is 17.5 Å². The number of urea groups is 1. The lowest BCUT2D eigenvalue weighted by Crippen LogP contribution is -2.50. The van der Waals surface area contributed by atoms with Crippen LogP contribution >= 0.6 is 0 Å². The van der Waals surface area contributed by atoms with Gasteiger partial charge >= 0.3 is 6.03 Å². The molecular weight excluding hydrogens is 340 g/mol. The first-order valence-electron chi connectivity index (χ1n) is 9.58. The molecule has 7 heteroatoms. The molecule has 0 atom stereocenters. The number of aromatic nitrogens is 2. The summed E-state index contributed by atoms with van der Waals surface area (Å²) < 4.78 is 0. The summed E-state index contributed by atoms with van der Waals surface area (Å²) in [5, 5.41) is 6.22. The zero-order valence-corrected chi connectivity index (χ0v) is 16.3. The second kappa shape index (κ2) is 8.70. The molecule has 1 aromatic carbocycles. The van der Waals surface area contributed by atoms with Gasteiger partial charge in [-0.2, -0.15) is 0 Å². The van der Waals surface area contributed by atoms with Crippen LogP contribution in [0.1, 0.15) is 25.2 Å². The summed E-state index contributed by atoms with van der Waals surface area (Å²) in [5.41, 5.74) is 2.10. The van der Waals surface area contributed by atoms with Crippen LogP contribution in [0.5, 0.6) is 0 Å². The Hall–Kier alpha value is -2.83. The molecular formula is C20H28N6O. The average Bonchev–Trinajstić information content (AvgIpc) is 2.68. The third-order valence-electron chi connectivity index (χ3n) is 4.69. The van der Waals surface area contributed by atoms with E-state index in [0.29, 0.717) is 13.1 Å². The van der Waals surface area contributed by atoms with E-state index >= 15 is 0 Å². The molecule has 7 nitrogen and oxygen atoms in total. The highest BCUT2D eigenvalue weighted by Gasteiger charge is 2.22. The molecule has 0 bridgehead atoms. The lowest BCUT2D eigenvalue weighted by Gasteiger charge is -2.35. The largest absolute Gasteiger partial charge is 0.370 e. The van der Waals surface area contributed by atoms with E-state index in [2.05, 4.69) is 32.4 Å². The fourth-order valence-corrected chi connectivity index (χ4v) is 3.15. The van der Waals surface area contributed by atoms with E-state index in [0.717, 1.165) is 49.2 Å². The maximum atomic E-state index is 12.5. The lowest BCUT2D eigenvalue weighted by atomic mass is 10.1. The number of rotatable bonds is 5. The Morgan fingerprint density at radius 2 is 1.78 bits per heavy atom. The number of nitrogens with one attached hydrogen (secondary N) is 2. The van der Waals surface area contributed by atoms with Crippen LogP contribution in [0.15, 0.2) is 30.3 Å². The van der Waals surface area contributed by atoms with Gasteiger partial charge in [-0.1, -0.05) is 19.1 Å². The molecule has 1 saturated heterocycles. The molecule has 1 aromatic heterocycles. The number of hydrogen-bond donors (Lipinski definition) is 2. The van der Waals surface area contributed by atoms with Crippen molar-refractivity contribution >= 4 is 23.4 Å². The van der Waals surface area contributed by atoms with Crippen LogP contribution in [0.25, 0.3) is 0 Å². The maximum Gasteiger partial charge on any atom is 0.321 e. The quantitative estimate of drug-likeness (QED) is 0.848. The van der Waals surface area contributed by atoms with Crippen molar-refractivity contribution in [1.82, 2.24) is 14.9 Å². The molecule has 1 aliphatic heterocycles. The fraction of sp³-hybridized carbons (Fsp3) is 0.450. The highest BCUT2D eigenvalue weighted by Crippen LogP contribution is 2.18. The second-order valence-electron chi connectivity index (χ2n) is 6.64. The van der Waals surface area contributed by atoms with E-state index in [9.17, 15) is 4.79 Å². The number of amides is 2. The normalized spacial score (nSPS) is 14.2. The summed E-state index contributed by atoms with van der Waals surface area (Å²) in [4.78, 5) is 25.5. The van der Waals surface area contributed by atoms with Crippen LogP contribution in [0.2, 0.25) is 0 Å². The number of anilines is 3. The predicted molar refractivity (Wildman–Crippen MR) is 110 cm³/mol. The molecule has 1 fully saturated rings. The Morgan fingerprint density at radius 3 is 2.41 bits per heavy atom. The van der Waals surface area contributed by atoms with Crippen molar-refractivity contribution in [3.05, 3.63) is 41.7 Å². The monoisotopic (exact) mass is 368 g/mol. The van der Waals surface area contributed by atoms with Gasteiger partial charge in [-0.3, -0.25) is 0 Å². The molecule has 144 valence electrons. The first kappa shape index (κ1) is 18.9. The fourth-order valence-electron chi connectivity index (χ4n) is 3.15. The summed E-state index contributed by atoms with van der Waals surface area (Å²) in [6.45, 7) is 9.73. The van der Waals surface area contributed by atoms with Crippen LogP contribution in [-0.4, -0.2) is 53.6 Å². The van der Waals surface area contributed by atoms with Crippen molar-refractivity contribution in [2.45, 2.75) is 27.2 Å². The number of hydrogen-bond acceptors (Lipinski definition) is 5. The minimum atomic E-state index is -0.0499. The van der Waals surface area contributed by atoms with Gasteiger partial charge in [-0.15, -0.1) is 0 Å². The molecule has 27 heavy (non-hydrogen) atoms. The molecule has 1 aliphatic rings. The summed E-state index contributed by atoms with van der Waals surface area (Å²) in [7, 11) is 0. The van der Waals surface area contributed by atoms with E-state index in [1.807, 2.05) is 49.1 Å². The van der Waals surface area contributed by atoms with Crippen molar-refractivity contribution in [3.8, 4) is 0 Å². The van der Waals surface area contributed by atoms with Crippen LogP contribution < -0.4 is 15.5 Å². The zero-order chi connectivity index (χ0) is 19.2. The van der Waals surface area contributed by atoms with Gasteiger partial charge in [0, 0.05) is 44.5 Å². The Kier molecular flexibility index (Phi) is 6.11. The third kappa shape index (κ3) is 4.87. The Labute approximate surface area is 160 Å². The number of piperazine rings is 1. The summed E-state index contributed by atoms with van der Waals surface area (Å²) >= 11 is 0. The molecule has 2 N–H and O–H groups in total. The molecule has 0 unspecified atom stereocenters. The molecule has 3 rings (SSSR count). The van der Waals surface area contributed by atoms with Crippen LogP contribution in [0, 0.1) is 6.92 Å². The van der Waals surface area contributed by atoms with E-state index < -0.39 is 0 Å². The number of carbonyl (C=O) groups excluding carboxylic acids is 1.